The molecule has 28 heavy (non-hydrogen) atoms. The Kier molecular flexibility index (Phi) is 5.32. The lowest BCUT2D eigenvalue weighted by Gasteiger charge is -2.09. The summed E-state index contributed by atoms with van der Waals surface area (Å²) in [5.74, 6) is -0.463. The second kappa shape index (κ2) is 7.55. The van der Waals surface area contributed by atoms with Crippen molar-refractivity contribution in [2.45, 2.75) is 26.4 Å². The monoisotopic (exact) mass is 408 g/mol. The van der Waals surface area contributed by atoms with Crippen LogP contribution in [0.3, 0.4) is 0 Å². The van der Waals surface area contributed by atoms with Crippen molar-refractivity contribution in [2.24, 2.45) is 5.10 Å². The van der Waals surface area contributed by atoms with Gasteiger partial charge in [-0.15, -0.1) is 11.3 Å². The normalized spacial score (nSPS) is 12.0. The molecule has 1 amide bonds. The number of benzene rings is 1. The van der Waals surface area contributed by atoms with Crippen molar-refractivity contribution >= 4 is 33.7 Å². The summed E-state index contributed by atoms with van der Waals surface area (Å²) in [5.41, 5.74) is 1.63. The lowest BCUT2D eigenvalue weighted by molar-refractivity contribution is -0.137. The van der Waals surface area contributed by atoms with Crippen LogP contribution in [-0.2, 0) is 17.4 Å². The van der Waals surface area contributed by atoms with Crippen LogP contribution in [0.5, 0.6) is 0 Å². The van der Waals surface area contributed by atoms with Crippen LogP contribution in [0.1, 0.15) is 27.4 Å². The van der Waals surface area contributed by atoms with Gasteiger partial charge in [-0.3, -0.25) is 9.59 Å². The van der Waals surface area contributed by atoms with E-state index in [2.05, 4.69) is 20.5 Å². The molecule has 146 valence electrons. The summed E-state index contributed by atoms with van der Waals surface area (Å²) < 4.78 is 38.8. The number of alkyl halides is 3. The SMILES string of the molecule is Cc1sc2nc(CC(=O)N/N=C\c3ccccc3C(F)(F)F)[nH]c(=O)c2c1C. The largest absolute Gasteiger partial charge is 0.417 e. The first kappa shape index (κ1) is 19.7. The molecule has 0 aliphatic rings. The maximum atomic E-state index is 12.9. The van der Waals surface area contributed by atoms with Crippen LogP contribution >= 0.6 is 11.3 Å². The highest BCUT2D eigenvalue weighted by Crippen LogP contribution is 2.31. The van der Waals surface area contributed by atoms with Crippen LogP contribution in [0.4, 0.5) is 13.2 Å². The Bertz CT molecular complexity index is 1130. The summed E-state index contributed by atoms with van der Waals surface area (Å²) in [6.45, 7) is 3.70. The van der Waals surface area contributed by atoms with Crippen LogP contribution in [-0.4, -0.2) is 22.1 Å². The molecule has 0 aliphatic heterocycles. The molecule has 0 saturated carbocycles. The van der Waals surface area contributed by atoms with E-state index in [-0.39, 0.29) is 23.4 Å². The predicted octanol–water partition coefficient (Wildman–Crippen LogP) is 3.31. The van der Waals surface area contributed by atoms with Gasteiger partial charge in [-0.05, 0) is 25.5 Å². The molecule has 2 aromatic heterocycles. The number of hydrogen-bond acceptors (Lipinski definition) is 5. The number of fused-ring (bicyclic) bond motifs is 1. The molecule has 2 N–H and O–H groups in total. The van der Waals surface area contributed by atoms with E-state index in [0.29, 0.717) is 10.2 Å². The predicted molar refractivity (Wildman–Crippen MR) is 101 cm³/mol. The quantitative estimate of drug-likeness (QED) is 0.513. The van der Waals surface area contributed by atoms with Crippen LogP contribution in [0.15, 0.2) is 34.2 Å². The molecule has 6 nitrogen and oxygen atoms in total. The molecule has 0 atom stereocenters. The molecular formula is C18H15F3N4O2S. The van der Waals surface area contributed by atoms with Gasteiger partial charge in [0.2, 0.25) is 5.91 Å². The number of nitrogens with one attached hydrogen (secondary N) is 2. The third-order valence-electron chi connectivity index (χ3n) is 4.08. The number of nitrogens with zero attached hydrogens (tertiary/aromatic N) is 2. The number of rotatable bonds is 4. The van der Waals surface area contributed by atoms with Crippen molar-refractivity contribution in [3.05, 3.63) is 62.0 Å². The summed E-state index contributed by atoms with van der Waals surface area (Å²) in [4.78, 5) is 32.5. The van der Waals surface area contributed by atoms with E-state index >= 15 is 0 Å². The zero-order chi connectivity index (χ0) is 20.5. The zero-order valence-electron chi connectivity index (χ0n) is 14.8. The van der Waals surface area contributed by atoms with E-state index in [9.17, 15) is 22.8 Å². The zero-order valence-corrected chi connectivity index (χ0v) is 15.7. The molecule has 0 bridgehead atoms. The average Bonchev–Trinajstić information content (AvgIpc) is 2.89. The first-order valence-corrected chi connectivity index (χ1v) is 8.95. The lowest BCUT2D eigenvalue weighted by Crippen LogP contribution is -2.23. The van der Waals surface area contributed by atoms with E-state index in [1.807, 2.05) is 13.8 Å². The number of amides is 1. The van der Waals surface area contributed by atoms with Crippen LogP contribution in [0.2, 0.25) is 0 Å². The van der Waals surface area contributed by atoms with Gasteiger partial charge in [-0.25, -0.2) is 10.4 Å². The maximum Gasteiger partial charge on any atom is 0.417 e. The van der Waals surface area contributed by atoms with Gasteiger partial charge >= 0.3 is 6.18 Å². The Morgan fingerprint density at radius 1 is 1.32 bits per heavy atom. The minimum Gasteiger partial charge on any atom is -0.309 e. The van der Waals surface area contributed by atoms with E-state index in [1.165, 1.54) is 29.5 Å². The van der Waals surface area contributed by atoms with Crippen molar-refractivity contribution in [3.8, 4) is 0 Å². The molecule has 0 radical (unpaired) electrons. The number of aryl methyl sites for hydroxylation is 2. The fourth-order valence-electron chi connectivity index (χ4n) is 2.62. The highest BCUT2D eigenvalue weighted by Gasteiger charge is 2.32. The molecular weight excluding hydrogens is 393 g/mol. The summed E-state index contributed by atoms with van der Waals surface area (Å²) in [6.07, 6.45) is -3.87. The third-order valence-corrected chi connectivity index (χ3v) is 5.18. The molecule has 3 rings (SSSR count). The van der Waals surface area contributed by atoms with Gasteiger partial charge in [-0.2, -0.15) is 18.3 Å². The Morgan fingerprint density at radius 2 is 2.04 bits per heavy atom. The first-order chi connectivity index (χ1) is 13.2. The Morgan fingerprint density at radius 3 is 2.75 bits per heavy atom. The van der Waals surface area contributed by atoms with Crippen molar-refractivity contribution in [2.75, 3.05) is 0 Å². The number of H-pyrrole nitrogens is 1. The summed E-state index contributed by atoms with van der Waals surface area (Å²) in [7, 11) is 0. The first-order valence-electron chi connectivity index (χ1n) is 8.14. The highest BCUT2D eigenvalue weighted by molar-refractivity contribution is 7.18. The number of thiophene rings is 1. The minimum absolute atomic E-state index is 0.155. The maximum absolute atomic E-state index is 12.9. The Balaban J connectivity index is 1.73. The smallest absolute Gasteiger partial charge is 0.309 e. The molecule has 1 aromatic carbocycles. The molecule has 0 aliphatic carbocycles. The Hall–Kier alpha value is -3.01. The number of hydrazone groups is 1. The fourth-order valence-corrected chi connectivity index (χ4v) is 3.66. The number of carbonyl (C=O) groups excluding carboxylic acids is 1. The van der Waals surface area contributed by atoms with E-state index in [4.69, 9.17) is 0 Å². The van der Waals surface area contributed by atoms with E-state index < -0.39 is 17.6 Å². The number of halogens is 3. The average molecular weight is 408 g/mol. The van der Waals surface area contributed by atoms with Crippen molar-refractivity contribution < 1.29 is 18.0 Å². The van der Waals surface area contributed by atoms with Gasteiger partial charge < -0.3 is 4.98 Å². The van der Waals surface area contributed by atoms with Crippen molar-refractivity contribution in [3.63, 3.8) is 0 Å². The lowest BCUT2D eigenvalue weighted by atomic mass is 10.1. The Labute approximate surface area is 161 Å². The minimum atomic E-state index is -4.53. The second-order valence-electron chi connectivity index (χ2n) is 6.03. The van der Waals surface area contributed by atoms with E-state index in [1.54, 1.807) is 0 Å². The summed E-state index contributed by atoms with van der Waals surface area (Å²) >= 11 is 1.35. The second-order valence-corrected chi connectivity index (χ2v) is 7.23. The van der Waals surface area contributed by atoms with Crippen LogP contribution in [0, 0.1) is 13.8 Å². The fraction of sp³-hybridized carbons (Fsp3) is 0.222. The summed E-state index contributed by atoms with van der Waals surface area (Å²) in [5, 5.41) is 4.07. The molecule has 0 fully saturated rings. The highest BCUT2D eigenvalue weighted by atomic mass is 32.1. The summed E-state index contributed by atoms with van der Waals surface area (Å²) in [6, 6.07) is 4.88. The van der Waals surface area contributed by atoms with Gasteiger partial charge in [0, 0.05) is 10.4 Å². The van der Waals surface area contributed by atoms with Crippen molar-refractivity contribution in [1.82, 2.24) is 15.4 Å². The van der Waals surface area contributed by atoms with Gasteiger partial charge in [0.1, 0.15) is 10.7 Å². The number of carbonyl (C=O) groups is 1. The topological polar surface area (TPSA) is 87.2 Å². The van der Waals surface area contributed by atoms with Gasteiger partial charge in [-0.1, -0.05) is 18.2 Å². The van der Waals surface area contributed by atoms with Crippen LogP contribution in [0.25, 0.3) is 10.2 Å². The number of aromatic amines is 1. The molecule has 2 heterocycles. The molecule has 0 spiro atoms. The third kappa shape index (κ3) is 4.11. The van der Waals surface area contributed by atoms with Crippen LogP contribution < -0.4 is 11.0 Å². The molecule has 0 unspecified atom stereocenters. The standard InChI is InChI=1S/C18H15F3N4O2S/c1-9-10(2)28-17-15(9)16(27)23-13(24-17)7-14(26)25-22-8-11-5-3-4-6-12(11)18(19,20)21/h3-6,8H,7H2,1-2H3,(H,25,26)(H,23,24,27)/b22-8-. The van der Waals surface area contributed by atoms with Crippen molar-refractivity contribution in [1.29, 1.82) is 0 Å². The van der Waals surface area contributed by atoms with Gasteiger partial charge in [0.25, 0.3) is 5.56 Å². The molecule has 10 heteroatoms. The molecule has 3 aromatic rings. The number of aromatic nitrogens is 2. The van der Waals surface area contributed by atoms with E-state index in [0.717, 1.165) is 22.7 Å². The van der Waals surface area contributed by atoms with Gasteiger partial charge in [0.05, 0.1) is 23.6 Å². The van der Waals surface area contributed by atoms with Gasteiger partial charge in [0.15, 0.2) is 0 Å². The molecule has 0 saturated heterocycles. The number of hydrogen-bond donors (Lipinski definition) is 2.